The Balaban J connectivity index is 2.34. The Hall–Kier alpha value is -1.07. The average Bonchev–Trinajstić information content (AvgIpc) is 3.29. The molecule has 0 amide bonds. The number of carbonyl (C=O) groups excluding carboxylic acids is 1. The van der Waals surface area contributed by atoms with Crippen LogP contribution in [0.5, 0.6) is 0 Å². The smallest absolute Gasteiger partial charge is 0.328 e. The summed E-state index contributed by atoms with van der Waals surface area (Å²) in [6.07, 6.45) is 3.04. The van der Waals surface area contributed by atoms with Crippen LogP contribution in [0, 0.1) is 19.8 Å². The van der Waals surface area contributed by atoms with Crippen LogP contribution in [-0.4, -0.2) is 34.9 Å². The van der Waals surface area contributed by atoms with Crippen molar-refractivity contribution < 1.29 is 9.53 Å². The Kier molecular flexibility index (Phi) is 4.94. The van der Waals surface area contributed by atoms with Crippen molar-refractivity contribution in [1.82, 2.24) is 15.1 Å². The number of nitrogens with one attached hydrogen (secondary N) is 1. The van der Waals surface area contributed by atoms with Gasteiger partial charge in [0.25, 0.3) is 0 Å². The first kappa shape index (κ1) is 16.3. The van der Waals surface area contributed by atoms with E-state index >= 15 is 0 Å². The van der Waals surface area contributed by atoms with Crippen molar-refractivity contribution in [2.45, 2.75) is 52.1 Å². The van der Waals surface area contributed by atoms with E-state index in [0.717, 1.165) is 37.2 Å². The van der Waals surface area contributed by atoms with Gasteiger partial charge >= 0.3 is 5.97 Å². The summed E-state index contributed by atoms with van der Waals surface area (Å²) in [6, 6.07) is 0. The maximum Gasteiger partial charge on any atom is 0.328 e. The maximum atomic E-state index is 12.5. The first-order valence-corrected chi connectivity index (χ1v) is 7.87. The zero-order chi connectivity index (χ0) is 15.6. The minimum Gasteiger partial charge on any atom is -0.468 e. The summed E-state index contributed by atoms with van der Waals surface area (Å²) in [7, 11) is 1.45. The largest absolute Gasteiger partial charge is 0.468 e. The predicted molar refractivity (Wildman–Crippen MR) is 82.5 cm³/mol. The average molecular weight is 314 g/mol. The lowest BCUT2D eigenvalue weighted by atomic mass is 9.92. The van der Waals surface area contributed by atoms with E-state index in [-0.39, 0.29) is 5.97 Å². The molecular formula is C15H24ClN3O2. The minimum absolute atomic E-state index is 0.206. The second-order valence-corrected chi connectivity index (χ2v) is 6.18. The second kappa shape index (κ2) is 6.36. The van der Waals surface area contributed by atoms with E-state index in [2.05, 4.69) is 17.3 Å². The molecule has 1 fully saturated rings. The van der Waals surface area contributed by atoms with E-state index in [1.807, 2.05) is 18.5 Å². The Labute approximate surface area is 131 Å². The van der Waals surface area contributed by atoms with Crippen LogP contribution in [0.1, 0.15) is 37.6 Å². The first-order valence-electron chi connectivity index (χ1n) is 7.49. The molecule has 1 unspecified atom stereocenters. The molecule has 0 saturated heterocycles. The molecule has 118 valence electrons. The van der Waals surface area contributed by atoms with Crippen molar-refractivity contribution in [3.63, 3.8) is 0 Å². The number of carbonyl (C=O) groups is 1. The molecule has 0 aliphatic heterocycles. The van der Waals surface area contributed by atoms with Gasteiger partial charge in [-0.05, 0) is 45.6 Å². The van der Waals surface area contributed by atoms with E-state index < -0.39 is 5.54 Å². The molecule has 0 bridgehead atoms. The van der Waals surface area contributed by atoms with Gasteiger partial charge in [0, 0.05) is 0 Å². The molecule has 6 heteroatoms. The summed E-state index contributed by atoms with van der Waals surface area (Å²) in [5.41, 5.74) is 0.984. The molecule has 1 atom stereocenters. The van der Waals surface area contributed by atoms with Crippen LogP contribution in [0.3, 0.4) is 0 Å². The van der Waals surface area contributed by atoms with Gasteiger partial charge in [0.1, 0.15) is 5.54 Å². The normalized spacial score (nSPS) is 17.6. The standard InChI is InChI=1S/C15H24ClN3O2/c1-5-8-17-15(12-6-7-12,14(20)21-4)9-19-11(3)13(16)10(2)18-19/h12,17H,5-9H2,1-4H3. The van der Waals surface area contributed by atoms with Crippen LogP contribution >= 0.6 is 11.6 Å². The highest BCUT2D eigenvalue weighted by atomic mass is 35.5. The summed E-state index contributed by atoms with van der Waals surface area (Å²) in [6.45, 7) is 7.13. The number of halogens is 1. The molecule has 0 aromatic carbocycles. The summed E-state index contributed by atoms with van der Waals surface area (Å²) in [5.74, 6) is 0.0984. The molecule has 2 rings (SSSR count). The lowest BCUT2D eigenvalue weighted by molar-refractivity contribution is -0.150. The third-order valence-corrected chi connectivity index (χ3v) is 4.75. The van der Waals surface area contributed by atoms with E-state index in [0.29, 0.717) is 17.5 Å². The first-order chi connectivity index (χ1) is 9.96. The molecule has 0 spiro atoms. The van der Waals surface area contributed by atoms with Gasteiger partial charge in [-0.25, -0.2) is 4.79 Å². The molecule has 21 heavy (non-hydrogen) atoms. The second-order valence-electron chi connectivity index (χ2n) is 5.81. The Morgan fingerprint density at radius 3 is 2.62 bits per heavy atom. The van der Waals surface area contributed by atoms with Crippen molar-refractivity contribution in [3.8, 4) is 0 Å². The van der Waals surface area contributed by atoms with Crippen LogP contribution in [0.15, 0.2) is 0 Å². The van der Waals surface area contributed by atoms with Gasteiger partial charge in [-0.1, -0.05) is 18.5 Å². The van der Waals surface area contributed by atoms with Crippen molar-refractivity contribution >= 4 is 17.6 Å². The molecule has 1 aromatic rings. The van der Waals surface area contributed by atoms with Gasteiger partial charge < -0.3 is 10.1 Å². The number of hydrogen-bond acceptors (Lipinski definition) is 4. The number of esters is 1. The van der Waals surface area contributed by atoms with E-state index in [4.69, 9.17) is 16.3 Å². The fourth-order valence-corrected chi connectivity index (χ4v) is 2.94. The Bertz CT molecular complexity index is 525. The van der Waals surface area contributed by atoms with Crippen LogP contribution in [-0.2, 0) is 16.1 Å². The summed E-state index contributed by atoms with van der Waals surface area (Å²) >= 11 is 6.22. The van der Waals surface area contributed by atoms with Gasteiger partial charge in [-0.2, -0.15) is 5.10 Å². The number of aromatic nitrogens is 2. The Morgan fingerprint density at radius 2 is 2.19 bits per heavy atom. The quantitative estimate of drug-likeness (QED) is 0.786. The number of rotatable bonds is 7. The van der Waals surface area contributed by atoms with Crippen LogP contribution in [0.2, 0.25) is 5.02 Å². The highest BCUT2D eigenvalue weighted by Gasteiger charge is 2.52. The number of nitrogens with zero attached hydrogens (tertiary/aromatic N) is 2. The van der Waals surface area contributed by atoms with Gasteiger partial charge in [0.15, 0.2) is 0 Å². The van der Waals surface area contributed by atoms with Crippen LogP contribution in [0.25, 0.3) is 0 Å². The summed E-state index contributed by atoms with van der Waals surface area (Å²) in [5, 5.41) is 8.55. The molecule has 1 N–H and O–H groups in total. The summed E-state index contributed by atoms with van der Waals surface area (Å²) in [4.78, 5) is 12.5. The van der Waals surface area contributed by atoms with E-state index in [1.54, 1.807) is 0 Å². The fourth-order valence-electron chi connectivity index (χ4n) is 2.80. The zero-order valence-corrected chi connectivity index (χ0v) is 14.0. The SMILES string of the molecule is CCCNC(Cn1nc(C)c(Cl)c1C)(C(=O)OC)C1CC1. The van der Waals surface area contributed by atoms with Crippen molar-refractivity contribution in [3.05, 3.63) is 16.4 Å². The van der Waals surface area contributed by atoms with E-state index in [1.165, 1.54) is 7.11 Å². The topological polar surface area (TPSA) is 56.2 Å². The lowest BCUT2D eigenvalue weighted by Gasteiger charge is -2.32. The van der Waals surface area contributed by atoms with Crippen LogP contribution in [0.4, 0.5) is 0 Å². The van der Waals surface area contributed by atoms with Crippen molar-refractivity contribution in [1.29, 1.82) is 0 Å². The fraction of sp³-hybridized carbons (Fsp3) is 0.733. The zero-order valence-electron chi connectivity index (χ0n) is 13.2. The highest BCUT2D eigenvalue weighted by molar-refractivity contribution is 6.31. The third-order valence-electron chi connectivity index (χ3n) is 4.21. The molecule has 1 aromatic heterocycles. The predicted octanol–water partition coefficient (Wildman–Crippen LogP) is 2.47. The van der Waals surface area contributed by atoms with Crippen LogP contribution < -0.4 is 5.32 Å². The van der Waals surface area contributed by atoms with Gasteiger partial charge in [-0.3, -0.25) is 4.68 Å². The lowest BCUT2D eigenvalue weighted by Crippen LogP contribution is -2.58. The van der Waals surface area contributed by atoms with Crippen molar-refractivity contribution in [2.24, 2.45) is 5.92 Å². The number of methoxy groups -OCH3 is 1. The molecule has 5 nitrogen and oxygen atoms in total. The van der Waals surface area contributed by atoms with Crippen molar-refractivity contribution in [2.75, 3.05) is 13.7 Å². The monoisotopic (exact) mass is 313 g/mol. The molecular weight excluding hydrogens is 290 g/mol. The number of ether oxygens (including phenoxy) is 1. The number of aryl methyl sites for hydroxylation is 1. The molecule has 1 aliphatic rings. The highest BCUT2D eigenvalue weighted by Crippen LogP contribution is 2.42. The maximum absolute atomic E-state index is 12.5. The van der Waals surface area contributed by atoms with Gasteiger partial charge in [0.05, 0.1) is 30.1 Å². The van der Waals surface area contributed by atoms with E-state index in [9.17, 15) is 4.79 Å². The third kappa shape index (κ3) is 3.09. The molecule has 1 saturated carbocycles. The summed E-state index contributed by atoms with van der Waals surface area (Å²) < 4.78 is 6.92. The minimum atomic E-state index is -0.697. The molecule has 0 radical (unpaired) electrons. The molecule has 1 heterocycles. The van der Waals surface area contributed by atoms with Gasteiger partial charge in [-0.15, -0.1) is 0 Å². The molecule has 1 aliphatic carbocycles. The Morgan fingerprint density at radius 1 is 1.52 bits per heavy atom. The number of hydrogen-bond donors (Lipinski definition) is 1. The van der Waals surface area contributed by atoms with Gasteiger partial charge in [0.2, 0.25) is 0 Å².